The number of amides is 4. The first kappa shape index (κ1) is 105. The van der Waals surface area contributed by atoms with Crippen molar-refractivity contribution in [2.75, 3.05) is 53.5 Å². The number of allylic oxidation sites excluding steroid dienone is 2. The van der Waals surface area contributed by atoms with Gasteiger partial charge >= 0.3 is 5.97 Å². The molecule has 2 aliphatic rings. The summed E-state index contributed by atoms with van der Waals surface area (Å²) in [5.74, 6) is -1.09. The van der Waals surface area contributed by atoms with E-state index in [9.17, 15) is 58.8 Å². The van der Waals surface area contributed by atoms with Gasteiger partial charge < -0.3 is 60.3 Å². The van der Waals surface area contributed by atoms with Gasteiger partial charge in [-0.25, -0.2) is 9.97 Å². The Kier molecular flexibility index (Phi) is 40.1. The number of thiazole rings is 2. The molecule has 2 aliphatic heterocycles. The lowest BCUT2D eigenvalue weighted by atomic mass is 9.76. The standard InChI is InChI=1S/C55H66N4O7S.C31H42N2O6S.C25H27NO2/c1-7-47(39-14-10-8-11-15-39)51(40-22-26-43(60)27-23-40)41-24-28-46(29-25-41)66-31-30-58(6)50(63)17-13-9-12-16-44(61)32-48(55(3,4)5)54(65)59-35-45(62)33-49(59)53(64)56-34-38-18-20-42(21-19-38)52-37(2)57-36-67-52;1-20-29(40-19-32-20)22-13-10-21(11-14-22)12-15-27(36)26-17-24(35)18-33(26)30(39)25(31(2,3)4)16-23(34)8-6-5-7-9-28(37)38;1-3-24(19-7-5-4-6-8-19)25(20-9-13-22(27)14-10-20)21-11-15-23(16-12-21)28-18-17-26-2/h8,10-11,14-15,18-29,36,45,48-49,60,62H,7,9,12-13,16-17,30-35H2,1-6H3,(H,56,64);10-11,13-14,19,24-26,35H,5-9,12,15-18H2,1-4H3,(H,37,38);4-16,26-27H,3,17-18H2,1-2H3/t45-,48-,49+;24-,25-,26+;/m11./s1. The fraction of sp³-hybridized carbons (Fsp3) is 0.405. The number of likely N-dealkylation sites (N-methyl/N-ethyl adjacent to an activating group) is 2. The van der Waals surface area contributed by atoms with Gasteiger partial charge in [0.15, 0.2) is 5.78 Å². The molecule has 2 aromatic heterocycles. The largest absolute Gasteiger partial charge is 0.508 e. The maximum atomic E-state index is 14.1. The van der Waals surface area contributed by atoms with Crippen LogP contribution in [-0.4, -0.2) is 175 Å². The fourth-order valence-electron chi connectivity index (χ4n) is 17.2. The number of aliphatic hydroxyl groups excluding tert-OH is 2. The molecule has 0 unspecified atom stereocenters. The van der Waals surface area contributed by atoms with E-state index in [0.29, 0.717) is 89.7 Å². The van der Waals surface area contributed by atoms with Gasteiger partial charge in [-0.15, -0.1) is 22.7 Å². The number of nitrogens with one attached hydrogen (secondary N) is 2. The zero-order valence-electron chi connectivity index (χ0n) is 80.3. The number of carbonyl (C=O) groups is 8. The summed E-state index contributed by atoms with van der Waals surface area (Å²) in [5, 5.41) is 55.5. The van der Waals surface area contributed by atoms with Crippen molar-refractivity contribution >= 4 is 91.9 Å². The summed E-state index contributed by atoms with van der Waals surface area (Å²) in [6.07, 6.45) is 6.11. The number of benzene rings is 8. The van der Waals surface area contributed by atoms with Crippen molar-refractivity contribution in [1.82, 2.24) is 35.3 Å². The molecular weight excluding hydrogens is 1740 g/mol. The Bertz CT molecular complexity index is 5570. The molecule has 135 heavy (non-hydrogen) atoms. The summed E-state index contributed by atoms with van der Waals surface area (Å²) < 4.78 is 11.8. The van der Waals surface area contributed by atoms with E-state index >= 15 is 0 Å². The van der Waals surface area contributed by atoms with Crippen molar-refractivity contribution in [3.63, 3.8) is 0 Å². The van der Waals surface area contributed by atoms with Gasteiger partial charge in [0, 0.05) is 103 Å². The van der Waals surface area contributed by atoms with E-state index < -0.39 is 52.9 Å². The van der Waals surface area contributed by atoms with E-state index in [1.807, 2.05) is 207 Å². The van der Waals surface area contributed by atoms with E-state index in [1.165, 1.54) is 32.1 Å². The van der Waals surface area contributed by atoms with Gasteiger partial charge in [0.1, 0.15) is 53.8 Å². The molecule has 0 saturated carbocycles. The quantitative estimate of drug-likeness (QED) is 0.0138. The van der Waals surface area contributed by atoms with Crippen molar-refractivity contribution in [1.29, 1.82) is 0 Å². The molecule has 22 nitrogen and oxygen atoms in total. The number of aromatic nitrogens is 2. The number of carbonyl (C=O) groups excluding carboxylic acids is 7. The minimum absolute atomic E-state index is 0.00615. The number of aliphatic hydroxyl groups is 2. The molecular formula is C111H135N7O15S2. The molecule has 24 heteroatoms. The van der Waals surface area contributed by atoms with E-state index in [-0.39, 0.29) is 111 Å². The molecule has 4 amide bonds. The highest BCUT2D eigenvalue weighted by molar-refractivity contribution is 7.13. The van der Waals surface area contributed by atoms with Crippen molar-refractivity contribution < 1.29 is 73.4 Å². The Labute approximate surface area is 804 Å². The van der Waals surface area contributed by atoms with Crippen LogP contribution in [0.4, 0.5) is 0 Å². The Balaban J connectivity index is 0.000000233. The van der Waals surface area contributed by atoms with Crippen LogP contribution < -0.4 is 20.1 Å². The van der Waals surface area contributed by atoms with Crippen LogP contribution in [0, 0.1) is 36.5 Å². The first-order valence-corrected chi connectivity index (χ1v) is 49.0. The molecule has 2 fully saturated rings. The molecule has 2 saturated heterocycles. The second-order valence-electron chi connectivity index (χ2n) is 37.1. The lowest BCUT2D eigenvalue weighted by Crippen LogP contribution is -2.50. The number of phenolic OH excluding ortho intramolecular Hbond substituents is 2. The molecule has 7 N–H and O–H groups in total. The van der Waals surface area contributed by atoms with Gasteiger partial charge in [-0.05, 0) is 203 Å². The monoisotopic (exact) mass is 1870 g/mol. The topological polar surface area (TPSA) is 316 Å². The average molecular weight is 1870 g/mol. The SMILES string of the molecule is CCC(=C(c1ccc(O)cc1)c1ccc(OCCN(C)C(=O)CCCCCC(=O)C[C@H](C(=O)N2C[C@H](O)C[C@H]2C(=O)NCc2ccc(-c3scnc3C)cc2)C(C)(C)C)cc1)c1ccccc1.CCC(=C(c1ccc(O)cc1)c1ccc(OCCNC)cc1)c1ccccc1.Cc1ncsc1-c1ccc(CCC(=O)[C@@H]2C[C@@H](O)CN2C(=O)[C@@H](CC(=O)CCCCCC(=O)O)C(C)(C)C)cc1. The highest BCUT2D eigenvalue weighted by atomic mass is 32.1. The summed E-state index contributed by atoms with van der Waals surface area (Å²) in [7, 11) is 3.68. The lowest BCUT2D eigenvalue weighted by molar-refractivity contribution is -0.146. The Hall–Kier alpha value is -12.1. The number of ether oxygens (including phenoxy) is 2. The molecule has 8 aromatic carbocycles. The highest BCUT2D eigenvalue weighted by Gasteiger charge is 2.46. The van der Waals surface area contributed by atoms with Crippen LogP contribution in [0.1, 0.15) is 220 Å². The van der Waals surface area contributed by atoms with Crippen LogP contribution in [-0.2, 0) is 51.3 Å². The number of aromatic hydroxyl groups is 2. The summed E-state index contributed by atoms with van der Waals surface area (Å²) in [6, 6.07) is 66.2. The van der Waals surface area contributed by atoms with Crippen LogP contribution >= 0.6 is 22.7 Å². The van der Waals surface area contributed by atoms with Crippen LogP contribution in [0.2, 0.25) is 0 Å². The molecule has 12 rings (SSSR count). The number of Topliss-reactive ketones (excluding diaryl/α,β-unsaturated/α-hetero) is 3. The average Bonchev–Trinajstić information content (AvgIpc) is 1.53. The van der Waals surface area contributed by atoms with Crippen molar-refractivity contribution in [3.05, 3.63) is 273 Å². The van der Waals surface area contributed by atoms with Crippen LogP contribution in [0.3, 0.4) is 0 Å². The van der Waals surface area contributed by atoms with Gasteiger partial charge in [0.2, 0.25) is 23.6 Å². The van der Waals surface area contributed by atoms with Crippen LogP contribution in [0.25, 0.3) is 43.2 Å². The van der Waals surface area contributed by atoms with E-state index in [1.54, 1.807) is 58.9 Å². The number of carboxylic acid groups (broad SMARTS) is 1. The molecule has 4 heterocycles. The smallest absolute Gasteiger partial charge is 0.303 e. The molecule has 0 radical (unpaired) electrons. The first-order chi connectivity index (χ1) is 64.7. The summed E-state index contributed by atoms with van der Waals surface area (Å²) in [6.45, 7) is 22.4. The number of phenols is 2. The number of nitrogens with zero attached hydrogens (tertiary/aromatic N) is 5. The van der Waals surface area contributed by atoms with Gasteiger partial charge in [-0.3, -0.25) is 38.4 Å². The van der Waals surface area contributed by atoms with E-state index in [4.69, 9.17) is 14.6 Å². The molecule has 10 aromatic rings. The number of rotatable bonds is 43. The number of hydrogen-bond donors (Lipinski definition) is 7. The Morgan fingerprint density at radius 1 is 0.489 bits per heavy atom. The van der Waals surface area contributed by atoms with Gasteiger partial charge in [-0.2, -0.15) is 0 Å². The van der Waals surface area contributed by atoms with Crippen LogP contribution in [0.15, 0.2) is 217 Å². The minimum Gasteiger partial charge on any atom is -0.508 e. The Morgan fingerprint density at radius 2 is 0.889 bits per heavy atom. The fourth-order valence-corrected chi connectivity index (χ4v) is 18.9. The number of aryl methyl sites for hydroxylation is 3. The van der Waals surface area contributed by atoms with Gasteiger partial charge in [0.25, 0.3) is 0 Å². The summed E-state index contributed by atoms with van der Waals surface area (Å²) >= 11 is 3.17. The normalized spacial score (nSPS) is 15.6. The van der Waals surface area contributed by atoms with Gasteiger partial charge in [0.05, 0.1) is 57.0 Å². The molecule has 0 aliphatic carbocycles. The zero-order valence-corrected chi connectivity index (χ0v) is 81.9. The summed E-state index contributed by atoms with van der Waals surface area (Å²) in [5.41, 5.74) is 20.0. The van der Waals surface area contributed by atoms with E-state index in [0.717, 1.165) is 102 Å². The van der Waals surface area contributed by atoms with E-state index in [2.05, 4.69) is 83.0 Å². The highest BCUT2D eigenvalue weighted by Crippen LogP contribution is 2.41. The third-order valence-electron chi connectivity index (χ3n) is 25.0. The first-order valence-electron chi connectivity index (χ1n) is 47.2. The number of aliphatic carboxylic acids is 1. The second-order valence-corrected chi connectivity index (χ2v) is 38.9. The van der Waals surface area contributed by atoms with Crippen molar-refractivity contribution in [2.24, 2.45) is 22.7 Å². The maximum absolute atomic E-state index is 14.1. The molecule has 0 spiro atoms. The van der Waals surface area contributed by atoms with Gasteiger partial charge in [-0.1, -0.05) is 226 Å². The minimum atomic E-state index is -0.846. The predicted molar refractivity (Wildman–Crippen MR) is 538 cm³/mol. The molecule has 0 bridgehead atoms. The number of carboxylic acids is 1. The number of ketones is 3. The molecule has 6 atom stereocenters. The van der Waals surface area contributed by atoms with Crippen LogP contribution in [0.5, 0.6) is 23.0 Å². The zero-order chi connectivity index (χ0) is 97.3. The number of β-amino-alcohol motifs (C(OH)–C–C–N with tert-alkyl or cyclic N) is 2. The van der Waals surface area contributed by atoms with Crippen molar-refractivity contribution in [3.8, 4) is 43.9 Å². The number of hydrogen-bond acceptors (Lipinski definition) is 19. The summed E-state index contributed by atoms with van der Waals surface area (Å²) in [4.78, 5) is 120. The third kappa shape index (κ3) is 31.2. The predicted octanol–water partition coefficient (Wildman–Crippen LogP) is 20.5. The number of unbranched alkanes of at least 4 members (excludes halogenated alkanes) is 4. The molecule has 716 valence electrons. The van der Waals surface area contributed by atoms with Crippen molar-refractivity contribution in [2.45, 2.75) is 216 Å². The Morgan fingerprint density at radius 3 is 1.30 bits per heavy atom. The maximum Gasteiger partial charge on any atom is 0.303 e. The number of likely N-dealkylation sites (tertiary alicyclic amines) is 2. The second kappa shape index (κ2) is 51.6. The lowest BCUT2D eigenvalue weighted by Gasteiger charge is -2.34. The third-order valence-corrected chi connectivity index (χ3v) is 26.9.